The van der Waals surface area contributed by atoms with Crippen LogP contribution in [0.25, 0.3) is 142 Å². The summed E-state index contributed by atoms with van der Waals surface area (Å²) in [5, 5.41) is 15.4. The van der Waals surface area contributed by atoms with Crippen molar-refractivity contribution in [3.63, 3.8) is 0 Å². The lowest BCUT2D eigenvalue weighted by Crippen LogP contribution is -2.13. The molecule has 4 nitrogen and oxygen atoms in total. The zero-order valence-electron chi connectivity index (χ0n) is 43.3. The minimum absolute atomic E-state index is 0.00424. The lowest BCUT2D eigenvalue weighted by molar-refractivity contribution is 0.590. The predicted octanol–water partition coefficient (Wildman–Crippen LogP) is 20.7. The standard InChI is InChI=1S/C68H58O4/c1-65(2,3)35-21-23-55-41(25-35)43-31-59-45(33-57(43)69-55)49-29-47-40(38-18-14-16-20-54(38)68(10,11)12)28-52-62-48(39(27-51(61(47)62)63(49)71-59)37-17-13-15-19-53(37)67(7,8)9)30-50-46-34-58-44(32-60(46)72-64(50)52)42-26-36(66(4,5)6)22-24-56(42)70-58/h13-34H,1-12H3. The molecule has 72 heavy (non-hydrogen) atoms. The van der Waals surface area contributed by atoms with Gasteiger partial charge in [-0.2, -0.15) is 0 Å². The molecule has 4 heteroatoms. The second kappa shape index (κ2) is 14.1. The molecule has 0 saturated carbocycles. The molecule has 354 valence electrons. The molecule has 0 aliphatic carbocycles. The Morgan fingerprint density at radius 2 is 0.597 bits per heavy atom. The van der Waals surface area contributed by atoms with E-state index in [1.165, 1.54) is 66.1 Å². The quantitative estimate of drug-likeness (QED) is 0.162. The zero-order chi connectivity index (χ0) is 49.7. The van der Waals surface area contributed by atoms with E-state index in [4.69, 9.17) is 17.7 Å². The number of furan rings is 4. The summed E-state index contributed by atoms with van der Waals surface area (Å²) >= 11 is 0. The summed E-state index contributed by atoms with van der Waals surface area (Å²) in [6.07, 6.45) is 0. The summed E-state index contributed by atoms with van der Waals surface area (Å²) in [5.41, 5.74) is 16.5. The van der Waals surface area contributed by atoms with Gasteiger partial charge >= 0.3 is 0 Å². The fourth-order valence-corrected chi connectivity index (χ4v) is 12.2. The van der Waals surface area contributed by atoms with Crippen LogP contribution in [0.2, 0.25) is 0 Å². The van der Waals surface area contributed by atoms with Gasteiger partial charge in [-0.1, -0.05) is 144 Å². The van der Waals surface area contributed by atoms with Crippen molar-refractivity contribution < 1.29 is 17.7 Å². The first-order valence-electron chi connectivity index (χ1n) is 25.6. The molecule has 0 saturated heterocycles. The topological polar surface area (TPSA) is 52.6 Å². The molecule has 0 N–H and O–H groups in total. The van der Waals surface area contributed by atoms with Gasteiger partial charge in [-0.3, -0.25) is 0 Å². The van der Waals surface area contributed by atoms with Crippen molar-refractivity contribution in [2.45, 2.75) is 105 Å². The number of hydrogen-bond acceptors (Lipinski definition) is 4. The molecule has 4 aromatic heterocycles. The Morgan fingerprint density at radius 3 is 0.972 bits per heavy atom. The van der Waals surface area contributed by atoms with Crippen molar-refractivity contribution in [2.75, 3.05) is 0 Å². The minimum atomic E-state index is -0.131. The monoisotopic (exact) mass is 938 g/mol. The highest BCUT2D eigenvalue weighted by Crippen LogP contribution is 2.53. The molecule has 4 heterocycles. The van der Waals surface area contributed by atoms with Gasteiger partial charge in [0, 0.05) is 64.6 Å². The van der Waals surface area contributed by atoms with Crippen molar-refractivity contribution in [1.29, 1.82) is 0 Å². The maximum absolute atomic E-state index is 7.31. The summed E-state index contributed by atoms with van der Waals surface area (Å²) in [7, 11) is 0. The molecular formula is C68H58O4. The van der Waals surface area contributed by atoms with E-state index in [9.17, 15) is 0 Å². The van der Waals surface area contributed by atoms with Crippen molar-refractivity contribution in [3.05, 3.63) is 156 Å². The average molecular weight is 939 g/mol. The fraction of sp³-hybridized carbons (Fsp3) is 0.235. The van der Waals surface area contributed by atoms with E-state index in [0.29, 0.717) is 0 Å². The van der Waals surface area contributed by atoms with E-state index < -0.39 is 0 Å². The van der Waals surface area contributed by atoms with Gasteiger partial charge in [0.05, 0.1) is 0 Å². The first-order valence-corrected chi connectivity index (χ1v) is 25.6. The Hall–Kier alpha value is -7.56. The summed E-state index contributed by atoms with van der Waals surface area (Å²) < 4.78 is 28.0. The van der Waals surface area contributed by atoms with Gasteiger partial charge in [0.15, 0.2) is 0 Å². The molecule has 14 aromatic rings. The molecule has 0 aliphatic heterocycles. The van der Waals surface area contributed by atoms with Crippen molar-refractivity contribution >= 4 is 120 Å². The summed E-state index contributed by atoms with van der Waals surface area (Å²) in [5.74, 6) is 0. The van der Waals surface area contributed by atoms with E-state index in [1.54, 1.807) is 0 Å². The minimum Gasteiger partial charge on any atom is -0.456 e. The van der Waals surface area contributed by atoms with Gasteiger partial charge < -0.3 is 17.7 Å². The predicted molar refractivity (Wildman–Crippen MR) is 305 cm³/mol. The van der Waals surface area contributed by atoms with E-state index in [1.807, 2.05) is 0 Å². The Kier molecular flexibility index (Phi) is 8.47. The fourth-order valence-electron chi connectivity index (χ4n) is 12.2. The van der Waals surface area contributed by atoms with E-state index in [2.05, 4.69) is 217 Å². The Labute approximate surface area is 418 Å². The third-order valence-corrected chi connectivity index (χ3v) is 16.0. The number of hydrogen-bond donors (Lipinski definition) is 0. The maximum atomic E-state index is 7.31. The van der Waals surface area contributed by atoms with Crippen molar-refractivity contribution in [3.8, 4) is 22.3 Å². The molecule has 0 fully saturated rings. The second-order valence-corrected chi connectivity index (χ2v) is 24.9. The number of rotatable bonds is 2. The van der Waals surface area contributed by atoms with E-state index >= 15 is 0 Å². The lowest BCUT2D eigenvalue weighted by Gasteiger charge is -2.26. The largest absolute Gasteiger partial charge is 0.456 e. The zero-order valence-corrected chi connectivity index (χ0v) is 43.3. The normalized spacial score (nSPS) is 13.6. The third-order valence-electron chi connectivity index (χ3n) is 16.0. The molecule has 0 unspecified atom stereocenters. The van der Waals surface area contributed by atoms with Crippen LogP contribution in [0.15, 0.2) is 151 Å². The summed E-state index contributed by atoms with van der Waals surface area (Å²) in [6.45, 7) is 27.5. The van der Waals surface area contributed by atoms with E-state index in [0.717, 1.165) is 98.5 Å². The summed E-state index contributed by atoms with van der Waals surface area (Å²) in [6, 6.07) is 49.7. The molecule has 0 aliphatic rings. The lowest BCUT2D eigenvalue weighted by atomic mass is 9.77. The van der Waals surface area contributed by atoms with Gasteiger partial charge in [-0.05, 0) is 150 Å². The van der Waals surface area contributed by atoms with Gasteiger partial charge in [0.1, 0.15) is 44.7 Å². The van der Waals surface area contributed by atoms with Gasteiger partial charge in [0.25, 0.3) is 0 Å². The highest BCUT2D eigenvalue weighted by atomic mass is 16.3. The van der Waals surface area contributed by atoms with Crippen LogP contribution < -0.4 is 0 Å². The van der Waals surface area contributed by atoms with Gasteiger partial charge in [0.2, 0.25) is 0 Å². The molecule has 0 amide bonds. The molecule has 0 atom stereocenters. The first-order chi connectivity index (χ1) is 34.2. The first kappa shape index (κ1) is 43.2. The van der Waals surface area contributed by atoms with Crippen LogP contribution in [0.5, 0.6) is 0 Å². The number of fused-ring (bicyclic) bond motifs is 14. The molecule has 0 radical (unpaired) electrons. The van der Waals surface area contributed by atoms with Crippen LogP contribution in [0.4, 0.5) is 0 Å². The summed E-state index contributed by atoms with van der Waals surface area (Å²) in [4.78, 5) is 0. The maximum Gasteiger partial charge on any atom is 0.143 e. The van der Waals surface area contributed by atoms with Crippen molar-refractivity contribution in [2.24, 2.45) is 0 Å². The van der Waals surface area contributed by atoms with Crippen molar-refractivity contribution in [1.82, 2.24) is 0 Å². The second-order valence-electron chi connectivity index (χ2n) is 24.9. The smallest absolute Gasteiger partial charge is 0.143 e. The van der Waals surface area contributed by atoms with E-state index in [-0.39, 0.29) is 21.7 Å². The third kappa shape index (κ3) is 6.11. The SMILES string of the molecule is CC(C)(C)c1ccc2oc3cc4c(cc3c2c1)oc1c4cc2c(-c3ccccc3C(C)(C)C)cc3c4oc5cc6c(cc5c4cc4c(-c5ccccc5C(C)(C)C)cc1c2c43)oc1ccc(C(C)(C)C)cc16. The molecular weight excluding hydrogens is 881 g/mol. The van der Waals surface area contributed by atoms with Crippen LogP contribution >= 0.6 is 0 Å². The van der Waals surface area contributed by atoms with Crippen LogP contribution in [-0.2, 0) is 21.7 Å². The Morgan fingerprint density at radius 1 is 0.250 bits per heavy atom. The van der Waals surface area contributed by atoms with Gasteiger partial charge in [-0.15, -0.1) is 0 Å². The Bertz CT molecular complexity index is 4350. The Balaban J connectivity index is 1.17. The van der Waals surface area contributed by atoms with Crippen LogP contribution in [0.3, 0.4) is 0 Å². The van der Waals surface area contributed by atoms with Gasteiger partial charge in [-0.25, -0.2) is 0 Å². The molecule has 10 aromatic carbocycles. The molecule has 14 rings (SSSR count). The van der Waals surface area contributed by atoms with Crippen LogP contribution in [0.1, 0.15) is 105 Å². The van der Waals surface area contributed by atoms with Crippen LogP contribution in [-0.4, -0.2) is 0 Å². The molecule has 0 spiro atoms. The average Bonchev–Trinajstić information content (AvgIpc) is 4.09. The van der Waals surface area contributed by atoms with Crippen LogP contribution in [0, 0.1) is 0 Å². The molecule has 0 bridgehead atoms. The highest BCUT2D eigenvalue weighted by Gasteiger charge is 2.30. The highest BCUT2D eigenvalue weighted by molar-refractivity contribution is 6.39. The number of benzene rings is 10.